The smallest absolute Gasteiger partial charge is 0.261 e. The minimum absolute atomic E-state index is 0.00829. The quantitative estimate of drug-likeness (QED) is 0.606. The lowest BCUT2D eigenvalue weighted by atomic mass is 10.1. The zero-order chi connectivity index (χ0) is 21.2. The van der Waals surface area contributed by atoms with Crippen LogP contribution in [0.4, 0.5) is 10.8 Å². The predicted molar refractivity (Wildman–Crippen MR) is 115 cm³/mol. The van der Waals surface area contributed by atoms with E-state index in [2.05, 4.69) is 20.2 Å². The predicted octanol–water partition coefficient (Wildman–Crippen LogP) is 4.33. The van der Waals surface area contributed by atoms with Crippen molar-refractivity contribution in [1.29, 1.82) is 0 Å². The van der Waals surface area contributed by atoms with Gasteiger partial charge in [-0.2, -0.15) is 0 Å². The summed E-state index contributed by atoms with van der Waals surface area (Å²) in [6, 6.07) is 11.5. The van der Waals surface area contributed by atoms with Crippen molar-refractivity contribution < 1.29 is 13.2 Å². The first-order valence-electron chi connectivity index (χ1n) is 9.00. The maximum atomic E-state index is 12.7. The van der Waals surface area contributed by atoms with E-state index >= 15 is 0 Å². The Balaban J connectivity index is 1.84. The Bertz CT molecular complexity index is 1140. The number of hydrogen-bond donors (Lipinski definition) is 2. The van der Waals surface area contributed by atoms with Crippen molar-refractivity contribution in [3.05, 3.63) is 64.2 Å². The Hall–Kier alpha value is -2.78. The molecule has 0 fully saturated rings. The van der Waals surface area contributed by atoms with Gasteiger partial charge in [-0.25, -0.2) is 8.42 Å². The summed E-state index contributed by atoms with van der Waals surface area (Å²) in [5, 5.41) is 11.9. The topological polar surface area (TPSA) is 101 Å². The number of hydrogen-bond acceptors (Lipinski definition) is 6. The minimum atomic E-state index is -3.83. The van der Waals surface area contributed by atoms with Crippen molar-refractivity contribution in [3.8, 4) is 0 Å². The maximum absolute atomic E-state index is 12.7. The van der Waals surface area contributed by atoms with E-state index in [-0.39, 0.29) is 16.4 Å². The molecule has 29 heavy (non-hydrogen) atoms. The monoisotopic (exact) mass is 430 g/mol. The van der Waals surface area contributed by atoms with Gasteiger partial charge in [-0.1, -0.05) is 48.9 Å². The van der Waals surface area contributed by atoms with Gasteiger partial charge >= 0.3 is 0 Å². The molecule has 2 aromatic carbocycles. The molecule has 0 unspecified atom stereocenters. The second-order valence-corrected chi connectivity index (χ2v) is 9.69. The summed E-state index contributed by atoms with van der Waals surface area (Å²) in [5.41, 5.74) is 2.40. The lowest BCUT2D eigenvalue weighted by molar-refractivity contribution is 0.102. The van der Waals surface area contributed by atoms with Gasteiger partial charge in [0.2, 0.25) is 5.13 Å². The molecular weight excluding hydrogens is 408 g/mol. The number of carbonyl (C=O) groups is 1. The van der Waals surface area contributed by atoms with Crippen molar-refractivity contribution >= 4 is 38.1 Å². The van der Waals surface area contributed by atoms with E-state index in [9.17, 15) is 13.2 Å². The number of aromatic nitrogens is 2. The van der Waals surface area contributed by atoms with Crippen molar-refractivity contribution in [3.63, 3.8) is 0 Å². The lowest BCUT2D eigenvalue weighted by Gasteiger charge is -2.11. The number of amides is 1. The Morgan fingerprint density at radius 2 is 1.72 bits per heavy atom. The fraction of sp³-hybridized carbons (Fsp3) is 0.250. The average molecular weight is 431 g/mol. The summed E-state index contributed by atoms with van der Waals surface area (Å²) in [7, 11) is -3.83. The number of nitrogens with zero attached hydrogens (tertiary/aromatic N) is 2. The fourth-order valence-corrected chi connectivity index (χ4v) is 4.36. The standard InChI is InChI=1S/C20H22N4O3S2/c1-12(2)19-22-23-20(28-19)21-18(25)17-11-16(10-7-14(17)4)29(26,27)24-15-8-5-13(3)6-9-15/h5-12,24H,1-4H3,(H,21,23,25). The van der Waals surface area contributed by atoms with Crippen LogP contribution < -0.4 is 10.0 Å². The summed E-state index contributed by atoms with van der Waals surface area (Å²) >= 11 is 1.30. The molecule has 0 radical (unpaired) electrons. The first kappa shape index (κ1) is 20.9. The summed E-state index contributed by atoms with van der Waals surface area (Å²) in [5.74, 6) is -0.220. The van der Waals surface area contributed by atoms with Gasteiger partial charge in [0.25, 0.3) is 15.9 Å². The third kappa shape index (κ3) is 4.99. The van der Waals surface area contributed by atoms with E-state index in [1.807, 2.05) is 32.9 Å². The van der Waals surface area contributed by atoms with E-state index in [1.165, 1.54) is 23.5 Å². The van der Waals surface area contributed by atoms with Gasteiger partial charge in [-0.15, -0.1) is 10.2 Å². The highest BCUT2D eigenvalue weighted by atomic mass is 32.2. The molecule has 9 heteroatoms. The molecule has 0 atom stereocenters. The third-order valence-corrected chi connectivity index (χ3v) is 6.74. The molecule has 0 aliphatic heterocycles. The molecule has 0 aliphatic rings. The molecule has 0 aliphatic carbocycles. The number of nitrogens with one attached hydrogen (secondary N) is 2. The van der Waals surface area contributed by atoms with Crippen molar-refractivity contribution in [1.82, 2.24) is 10.2 Å². The Morgan fingerprint density at radius 1 is 1.03 bits per heavy atom. The molecule has 3 aromatic rings. The van der Waals surface area contributed by atoms with Crippen molar-refractivity contribution in [2.24, 2.45) is 0 Å². The zero-order valence-corrected chi connectivity index (χ0v) is 18.2. The molecule has 2 N–H and O–H groups in total. The molecule has 0 saturated heterocycles. The molecule has 0 bridgehead atoms. The molecule has 7 nitrogen and oxygen atoms in total. The Kier molecular flexibility index (Phi) is 5.99. The van der Waals surface area contributed by atoms with Gasteiger partial charge in [0.15, 0.2) is 0 Å². The average Bonchev–Trinajstić information content (AvgIpc) is 3.12. The summed E-state index contributed by atoms with van der Waals surface area (Å²) in [4.78, 5) is 12.7. The normalized spacial score (nSPS) is 11.5. The van der Waals surface area contributed by atoms with E-state index < -0.39 is 15.9 Å². The SMILES string of the molecule is Cc1ccc(NS(=O)(=O)c2ccc(C)c(C(=O)Nc3nnc(C(C)C)s3)c2)cc1. The van der Waals surface area contributed by atoms with Gasteiger partial charge in [0.05, 0.1) is 4.90 Å². The highest BCUT2D eigenvalue weighted by Gasteiger charge is 2.19. The maximum Gasteiger partial charge on any atom is 0.261 e. The number of rotatable bonds is 6. The van der Waals surface area contributed by atoms with E-state index in [1.54, 1.807) is 25.1 Å². The van der Waals surface area contributed by atoms with Crippen molar-refractivity contribution in [2.75, 3.05) is 10.0 Å². The summed E-state index contributed by atoms with van der Waals surface area (Å²) in [6.07, 6.45) is 0. The van der Waals surface area contributed by atoms with Crippen LogP contribution in [-0.2, 0) is 10.0 Å². The van der Waals surface area contributed by atoms with Crippen LogP contribution in [0.5, 0.6) is 0 Å². The van der Waals surface area contributed by atoms with Crippen LogP contribution in [0.3, 0.4) is 0 Å². The number of aryl methyl sites for hydroxylation is 2. The van der Waals surface area contributed by atoms with Crippen LogP contribution in [0.25, 0.3) is 0 Å². The number of sulfonamides is 1. The van der Waals surface area contributed by atoms with Crippen LogP contribution >= 0.6 is 11.3 Å². The minimum Gasteiger partial charge on any atom is -0.296 e. The Morgan fingerprint density at radius 3 is 2.34 bits per heavy atom. The fourth-order valence-electron chi connectivity index (χ4n) is 2.53. The number of anilines is 2. The number of carbonyl (C=O) groups excluding carboxylic acids is 1. The van der Waals surface area contributed by atoms with Crippen LogP contribution in [0, 0.1) is 13.8 Å². The van der Waals surface area contributed by atoms with Gasteiger partial charge in [0.1, 0.15) is 5.01 Å². The molecule has 1 aromatic heterocycles. The number of benzene rings is 2. The van der Waals surface area contributed by atoms with E-state index in [4.69, 9.17) is 0 Å². The van der Waals surface area contributed by atoms with Crippen LogP contribution in [0.2, 0.25) is 0 Å². The molecule has 1 amide bonds. The third-order valence-electron chi connectivity index (χ3n) is 4.22. The molecular formula is C20H22N4O3S2. The highest BCUT2D eigenvalue weighted by Crippen LogP contribution is 2.24. The van der Waals surface area contributed by atoms with Gasteiger partial charge < -0.3 is 0 Å². The van der Waals surface area contributed by atoms with E-state index in [0.717, 1.165) is 10.6 Å². The Labute approximate surface area is 174 Å². The second kappa shape index (κ2) is 8.30. The molecule has 0 spiro atoms. The van der Waals surface area contributed by atoms with Crippen LogP contribution in [0.15, 0.2) is 47.4 Å². The molecule has 3 rings (SSSR count). The molecule has 1 heterocycles. The summed E-state index contributed by atoms with van der Waals surface area (Å²) in [6.45, 7) is 7.65. The molecule has 152 valence electrons. The van der Waals surface area contributed by atoms with Gasteiger partial charge in [-0.05, 0) is 43.7 Å². The van der Waals surface area contributed by atoms with Crippen LogP contribution in [-0.4, -0.2) is 24.5 Å². The van der Waals surface area contributed by atoms with E-state index in [0.29, 0.717) is 16.4 Å². The largest absolute Gasteiger partial charge is 0.296 e. The first-order chi connectivity index (χ1) is 13.7. The first-order valence-corrected chi connectivity index (χ1v) is 11.3. The zero-order valence-electron chi connectivity index (χ0n) is 16.6. The highest BCUT2D eigenvalue weighted by molar-refractivity contribution is 7.92. The van der Waals surface area contributed by atoms with Gasteiger partial charge in [0, 0.05) is 17.2 Å². The van der Waals surface area contributed by atoms with Gasteiger partial charge in [-0.3, -0.25) is 14.8 Å². The molecule has 0 saturated carbocycles. The van der Waals surface area contributed by atoms with Crippen molar-refractivity contribution in [2.45, 2.75) is 38.5 Å². The lowest BCUT2D eigenvalue weighted by Crippen LogP contribution is -2.17. The second-order valence-electron chi connectivity index (χ2n) is 7.00. The van der Waals surface area contributed by atoms with Crippen LogP contribution in [0.1, 0.15) is 46.3 Å². The summed E-state index contributed by atoms with van der Waals surface area (Å²) < 4.78 is 28.0.